The van der Waals surface area contributed by atoms with Gasteiger partial charge in [-0.25, -0.2) is 4.98 Å². The largest absolute Gasteiger partial charge is 0.473 e. The fourth-order valence-electron chi connectivity index (χ4n) is 1.40. The van der Waals surface area contributed by atoms with E-state index >= 15 is 0 Å². The molecule has 0 amide bonds. The lowest BCUT2D eigenvalue weighted by Gasteiger charge is -2.14. The number of ether oxygens (including phenoxy) is 2. The second kappa shape index (κ2) is 7.78. The van der Waals surface area contributed by atoms with Gasteiger partial charge in [0.05, 0.1) is 12.7 Å². The normalized spacial score (nSPS) is 11.1. The van der Waals surface area contributed by atoms with Crippen LogP contribution in [-0.4, -0.2) is 35.8 Å². The van der Waals surface area contributed by atoms with Gasteiger partial charge >= 0.3 is 0 Å². The van der Waals surface area contributed by atoms with Crippen LogP contribution in [0.1, 0.15) is 27.7 Å². The molecule has 0 aliphatic heterocycles. The predicted octanol–water partition coefficient (Wildman–Crippen LogP) is 1.93. The molecule has 0 saturated heterocycles. The van der Waals surface area contributed by atoms with E-state index in [0.29, 0.717) is 36.5 Å². The summed E-state index contributed by atoms with van der Waals surface area (Å²) in [6, 6.07) is 0. The van der Waals surface area contributed by atoms with E-state index in [-0.39, 0.29) is 6.10 Å². The second-order valence-corrected chi connectivity index (χ2v) is 5.00. The molecule has 0 atom stereocenters. The number of nitrogens with one attached hydrogen (secondary N) is 1. The lowest BCUT2D eigenvalue weighted by atomic mass is 10.2. The Balaban J connectivity index is 2.45. The van der Waals surface area contributed by atoms with E-state index in [1.54, 1.807) is 0 Å². The summed E-state index contributed by atoms with van der Waals surface area (Å²) in [6.45, 7) is 10.1. The van der Waals surface area contributed by atoms with Crippen LogP contribution < -0.4 is 15.8 Å². The second-order valence-electron chi connectivity index (χ2n) is 5.00. The van der Waals surface area contributed by atoms with Gasteiger partial charge < -0.3 is 20.5 Å². The zero-order valence-corrected chi connectivity index (χ0v) is 12.1. The van der Waals surface area contributed by atoms with Crippen LogP contribution in [0.5, 0.6) is 5.88 Å². The number of nitrogens with two attached hydrogens (primary N) is 1. The number of hydrogen-bond acceptors (Lipinski definition) is 6. The monoisotopic (exact) mass is 268 g/mol. The standard InChI is InChI=1S/C13H24N4O2/c1-9(2)7-18-6-5-15-12-11(14)13(17-8-16-12)19-10(3)4/h8-10H,5-7,14H2,1-4H3,(H,15,16,17). The molecule has 1 heterocycles. The summed E-state index contributed by atoms with van der Waals surface area (Å²) in [4.78, 5) is 8.11. The van der Waals surface area contributed by atoms with Crippen LogP contribution in [0.3, 0.4) is 0 Å². The third-order valence-corrected chi connectivity index (χ3v) is 2.18. The van der Waals surface area contributed by atoms with E-state index in [9.17, 15) is 0 Å². The zero-order chi connectivity index (χ0) is 14.3. The fraction of sp³-hybridized carbons (Fsp3) is 0.692. The summed E-state index contributed by atoms with van der Waals surface area (Å²) in [6.07, 6.45) is 1.46. The van der Waals surface area contributed by atoms with Crippen LogP contribution in [-0.2, 0) is 4.74 Å². The summed E-state index contributed by atoms with van der Waals surface area (Å²) < 4.78 is 11.0. The summed E-state index contributed by atoms with van der Waals surface area (Å²) in [5.41, 5.74) is 6.37. The topological polar surface area (TPSA) is 82.3 Å². The molecule has 6 heteroatoms. The molecule has 0 unspecified atom stereocenters. The van der Waals surface area contributed by atoms with Crippen molar-refractivity contribution in [2.75, 3.05) is 30.8 Å². The molecule has 0 bridgehead atoms. The maximum absolute atomic E-state index is 5.94. The van der Waals surface area contributed by atoms with Gasteiger partial charge in [-0.05, 0) is 19.8 Å². The smallest absolute Gasteiger partial charge is 0.242 e. The molecule has 0 radical (unpaired) electrons. The number of rotatable bonds is 8. The molecule has 0 aliphatic carbocycles. The molecule has 0 aliphatic rings. The fourth-order valence-corrected chi connectivity index (χ4v) is 1.40. The molecular weight excluding hydrogens is 244 g/mol. The van der Waals surface area contributed by atoms with Crippen LogP contribution in [0.15, 0.2) is 6.33 Å². The minimum Gasteiger partial charge on any atom is -0.473 e. The van der Waals surface area contributed by atoms with Crippen molar-refractivity contribution in [1.29, 1.82) is 0 Å². The molecule has 0 saturated carbocycles. The van der Waals surface area contributed by atoms with Gasteiger partial charge in [0.25, 0.3) is 0 Å². The highest BCUT2D eigenvalue weighted by Crippen LogP contribution is 2.24. The first-order valence-electron chi connectivity index (χ1n) is 6.59. The van der Waals surface area contributed by atoms with Crippen LogP contribution in [0, 0.1) is 5.92 Å². The van der Waals surface area contributed by atoms with Crippen molar-refractivity contribution in [3.8, 4) is 5.88 Å². The quantitative estimate of drug-likeness (QED) is 0.701. The van der Waals surface area contributed by atoms with E-state index in [0.717, 1.165) is 6.61 Å². The van der Waals surface area contributed by atoms with Gasteiger partial charge in [0.15, 0.2) is 5.82 Å². The Bertz CT molecular complexity index is 383. The first kappa shape index (κ1) is 15.5. The molecule has 19 heavy (non-hydrogen) atoms. The van der Waals surface area contributed by atoms with Crippen LogP contribution in [0.2, 0.25) is 0 Å². The third-order valence-electron chi connectivity index (χ3n) is 2.18. The highest BCUT2D eigenvalue weighted by Gasteiger charge is 2.10. The Morgan fingerprint density at radius 1 is 1.26 bits per heavy atom. The Hall–Kier alpha value is -1.56. The van der Waals surface area contributed by atoms with Crippen molar-refractivity contribution in [2.24, 2.45) is 5.92 Å². The number of hydrogen-bond donors (Lipinski definition) is 2. The molecule has 0 aromatic carbocycles. The highest BCUT2D eigenvalue weighted by molar-refractivity contribution is 5.66. The Labute approximate surface area is 114 Å². The molecule has 108 valence electrons. The number of nitrogens with zero attached hydrogens (tertiary/aromatic N) is 2. The van der Waals surface area contributed by atoms with E-state index in [4.69, 9.17) is 15.2 Å². The maximum Gasteiger partial charge on any atom is 0.242 e. The maximum atomic E-state index is 5.94. The van der Waals surface area contributed by atoms with Gasteiger partial charge in [0, 0.05) is 13.2 Å². The minimum absolute atomic E-state index is 0.0272. The van der Waals surface area contributed by atoms with Crippen LogP contribution in [0.4, 0.5) is 11.5 Å². The lowest BCUT2D eigenvalue weighted by Crippen LogP contribution is -2.15. The van der Waals surface area contributed by atoms with E-state index < -0.39 is 0 Å². The highest BCUT2D eigenvalue weighted by atomic mass is 16.5. The average molecular weight is 268 g/mol. The molecular formula is C13H24N4O2. The van der Waals surface area contributed by atoms with Crippen molar-refractivity contribution in [3.05, 3.63) is 6.33 Å². The van der Waals surface area contributed by atoms with Gasteiger partial charge in [-0.2, -0.15) is 4.98 Å². The van der Waals surface area contributed by atoms with Crippen molar-refractivity contribution in [2.45, 2.75) is 33.8 Å². The summed E-state index contributed by atoms with van der Waals surface area (Å²) in [5, 5.41) is 3.12. The van der Waals surface area contributed by atoms with Gasteiger partial charge in [-0.15, -0.1) is 0 Å². The molecule has 0 fully saturated rings. The zero-order valence-electron chi connectivity index (χ0n) is 12.1. The number of nitrogen functional groups attached to an aromatic ring is 1. The van der Waals surface area contributed by atoms with Gasteiger partial charge in [-0.3, -0.25) is 0 Å². The summed E-state index contributed by atoms with van der Waals surface area (Å²) in [7, 11) is 0. The molecule has 1 rings (SSSR count). The summed E-state index contributed by atoms with van der Waals surface area (Å²) in [5.74, 6) is 1.53. The van der Waals surface area contributed by atoms with Gasteiger partial charge in [-0.1, -0.05) is 13.8 Å². The molecule has 1 aromatic rings. The molecule has 3 N–H and O–H groups in total. The Morgan fingerprint density at radius 3 is 2.63 bits per heavy atom. The minimum atomic E-state index is 0.0272. The lowest BCUT2D eigenvalue weighted by molar-refractivity contribution is 0.118. The molecule has 0 spiro atoms. The SMILES string of the molecule is CC(C)COCCNc1ncnc(OC(C)C)c1N. The summed E-state index contributed by atoms with van der Waals surface area (Å²) >= 11 is 0. The van der Waals surface area contributed by atoms with Crippen LogP contribution >= 0.6 is 0 Å². The number of aromatic nitrogens is 2. The van der Waals surface area contributed by atoms with Crippen molar-refractivity contribution in [1.82, 2.24) is 9.97 Å². The van der Waals surface area contributed by atoms with Crippen molar-refractivity contribution < 1.29 is 9.47 Å². The van der Waals surface area contributed by atoms with Gasteiger partial charge in [0.2, 0.25) is 5.88 Å². The number of anilines is 2. The Morgan fingerprint density at radius 2 is 2.00 bits per heavy atom. The predicted molar refractivity (Wildman–Crippen MR) is 76.4 cm³/mol. The van der Waals surface area contributed by atoms with Crippen molar-refractivity contribution >= 4 is 11.5 Å². The molecule has 6 nitrogen and oxygen atoms in total. The first-order valence-corrected chi connectivity index (χ1v) is 6.59. The Kier molecular flexibility index (Phi) is 6.35. The average Bonchev–Trinajstić information content (AvgIpc) is 2.32. The van der Waals surface area contributed by atoms with Crippen LogP contribution in [0.25, 0.3) is 0 Å². The van der Waals surface area contributed by atoms with E-state index in [1.807, 2.05) is 13.8 Å². The third kappa shape index (κ3) is 5.74. The van der Waals surface area contributed by atoms with E-state index in [1.165, 1.54) is 6.33 Å². The van der Waals surface area contributed by atoms with Crippen molar-refractivity contribution in [3.63, 3.8) is 0 Å². The molecule has 1 aromatic heterocycles. The van der Waals surface area contributed by atoms with Gasteiger partial charge in [0.1, 0.15) is 12.0 Å². The first-order chi connectivity index (χ1) is 9.00. The van der Waals surface area contributed by atoms with E-state index in [2.05, 4.69) is 29.1 Å².